The number of pyridine rings is 1. The van der Waals surface area contributed by atoms with Crippen molar-refractivity contribution in [1.29, 1.82) is 0 Å². The Morgan fingerprint density at radius 3 is 2.95 bits per heavy atom. The maximum atomic E-state index is 12.3. The van der Waals surface area contributed by atoms with Gasteiger partial charge in [0.05, 0.1) is 6.20 Å². The third-order valence-electron chi connectivity index (χ3n) is 3.94. The number of hydrogen-bond donors (Lipinski definition) is 1. The van der Waals surface area contributed by atoms with Crippen molar-refractivity contribution in [2.75, 3.05) is 13.2 Å². The largest absolute Gasteiger partial charge is 0.490 e. The number of aromatic nitrogens is 1. The van der Waals surface area contributed by atoms with Gasteiger partial charge in [0.2, 0.25) is 6.43 Å². The molecule has 1 aliphatic carbocycles. The van der Waals surface area contributed by atoms with Gasteiger partial charge in [-0.15, -0.1) is 0 Å². The lowest BCUT2D eigenvalue weighted by molar-refractivity contribution is 0.129. The molecule has 3 rings (SSSR count). The van der Waals surface area contributed by atoms with Crippen LogP contribution in [0.1, 0.15) is 30.7 Å². The quantitative estimate of drug-likeness (QED) is 0.861. The number of nitrogens with zero attached hydrogens (tertiary/aromatic N) is 1. The molecule has 0 amide bonds. The van der Waals surface area contributed by atoms with Gasteiger partial charge in [-0.3, -0.25) is 4.98 Å². The molecule has 0 aromatic carbocycles. The SMILES string of the molecule is FC(F)C[C@H]1C[C@@H]1c1cncc(OC[C@@H]2CCN2)c1. The molecule has 3 atom stereocenters. The number of ether oxygens (including phenoxy) is 1. The predicted octanol–water partition coefficient (Wildman–Crippen LogP) is 2.58. The molecule has 1 N–H and O–H groups in total. The van der Waals surface area contributed by atoms with E-state index < -0.39 is 6.43 Å². The number of hydrogen-bond acceptors (Lipinski definition) is 3. The highest BCUT2D eigenvalue weighted by Crippen LogP contribution is 2.50. The summed E-state index contributed by atoms with van der Waals surface area (Å²) in [6.45, 7) is 1.71. The molecule has 1 saturated heterocycles. The van der Waals surface area contributed by atoms with Crippen LogP contribution in [0.2, 0.25) is 0 Å². The maximum absolute atomic E-state index is 12.3. The van der Waals surface area contributed by atoms with E-state index in [-0.39, 0.29) is 18.3 Å². The molecule has 19 heavy (non-hydrogen) atoms. The highest BCUT2D eigenvalue weighted by Gasteiger charge is 2.40. The second-order valence-corrected chi connectivity index (χ2v) is 5.43. The molecule has 0 radical (unpaired) electrons. The zero-order chi connectivity index (χ0) is 13.2. The van der Waals surface area contributed by atoms with Gasteiger partial charge in [0.15, 0.2) is 0 Å². The summed E-state index contributed by atoms with van der Waals surface area (Å²) in [4.78, 5) is 4.15. The molecule has 1 aromatic rings. The molecule has 5 heteroatoms. The van der Waals surface area contributed by atoms with Crippen molar-refractivity contribution in [3.63, 3.8) is 0 Å². The minimum atomic E-state index is -2.20. The molecule has 0 unspecified atom stereocenters. The lowest BCUT2D eigenvalue weighted by atomic mass is 10.1. The zero-order valence-corrected chi connectivity index (χ0v) is 10.7. The number of nitrogens with one attached hydrogen (secondary N) is 1. The lowest BCUT2D eigenvalue weighted by Gasteiger charge is -2.27. The van der Waals surface area contributed by atoms with Crippen molar-refractivity contribution in [3.8, 4) is 5.75 Å². The van der Waals surface area contributed by atoms with E-state index in [0.29, 0.717) is 12.6 Å². The standard InChI is InChI=1S/C14H18F2N2O/c15-14(16)5-9-4-13(9)10-3-12(7-17-6-10)19-8-11-1-2-18-11/h3,6-7,9,11,13-14,18H,1-2,4-5,8H2/t9-,11+,13+/m1/s1. The van der Waals surface area contributed by atoms with Crippen LogP contribution in [0.3, 0.4) is 0 Å². The molecule has 104 valence electrons. The van der Waals surface area contributed by atoms with E-state index in [1.165, 1.54) is 0 Å². The number of alkyl halides is 2. The third-order valence-corrected chi connectivity index (χ3v) is 3.94. The average molecular weight is 268 g/mol. The van der Waals surface area contributed by atoms with Crippen LogP contribution in [0, 0.1) is 5.92 Å². The highest BCUT2D eigenvalue weighted by molar-refractivity contribution is 5.30. The second kappa shape index (κ2) is 5.41. The molecule has 1 aromatic heterocycles. The number of halogens is 2. The normalized spacial score (nSPS) is 29.1. The molecule has 1 aliphatic heterocycles. The minimum absolute atomic E-state index is 0.00173. The smallest absolute Gasteiger partial charge is 0.238 e. The Hall–Kier alpha value is -1.23. The first-order valence-electron chi connectivity index (χ1n) is 6.81. The van der Waals surface area contributed by atoms with Crippen molar-refractivity contribution in [2.24, 2.45) is 5.92 Å². The van der Waals surface area contributed by atoms with Crippen LogP contribution in [0.5, 0.6) is 5.75 Å². The van der Waals surface area contributed by atoms with E-state index in [4.69, 9.17) is 4.74 Å². The Morgan fingerprint density at radius 1 is 1.42 bits per heavy atom. The summed E-state index contributed by atoms with van der Waals surface area (Å²) in [5.41, 5.74) is 1.03. The van der Waals surface area contributed by atoms with E-state index in [0.717, 1.165) is 30.7 Å². The topological polar surface area (TPSA) is 34.1 Å². The Morgan fingerprint density at radius 2 is 2.26 bits per heavy atom. The van der Waals surface area contributed by atoms with Crippen LogP contribution >= 0.6 is 0 Å². The third kappa shape index (κ3) is 3.21. The van der Waals surface area contributed by atoms with E-state index in [1.807, 2.05) is 6.07 Å². The summed E-state index contributed by atoms with van der Waals surface area (Å²) in [6, 6.07) is 2.39. The van der Waals surface area contributed by atoms with Gasteiger partial charge in [0.25, 0.3) is 0 Å². The fraction of sp³-hybridized carbons (Fsp3) is 0.643. The lowest BCUT2D eigenvalue weighted by Crippen LogP contribution is -2.46. The first-order chi connectivity index (χ1) is 9.22. The molecule has 1 saturated carbocycles. The summed E-state index contributed by atoms with van der Waals surface area (Å²) in [5, 5.41) is 3.27. The molecule has 0 spiro atoms. The molecule has 3 nitrogen and oxygen atoms in total. The van der Waals surface area contributed by atoms with Gasteiger partial charge in [0.1, 0.15) is 12.4 Å². The molecule has 2 heterocycles. The van der Waals surface area contributed by atoms with E-state index >= 15 is 0 Å². The van der Waals surface area contributed by atoms with Crippen LogP contribution in [-0.2, 0) is 0 Å². The van der Waals surface area contributed by atoms with E-state index in [2.05, 4.69) is 10.3 Å². The number of rotatable bonds is 6. The fourth-order valence-corrected chi connectivity index (χ4v) is 2.55. The van der Waals surface area contributed by atoms with Crippen molar-refractivity contribution >= 4 is 0 Å². The fourth-order valence-electron chi connectivity index (χ4n) is 2.55. The van der Waals surface area contributed by atoms with Crippen LogP contribution in [0.4, 0.5) is 8.78 Å². The van der Waals surface area contributed by atoms with Crippen LogP contribution in [0.25, 0.3) is 0 Å². The van der Waals surface area contributed by atoms with Gasteiger partial charge in [-0.1, -0.05) is 0 Å². The predicted molar refractivity (Wildman–Crippen MR) is 67.6 cm³/mol. The monoisotopic (exact) mass is 268 g/mol. The maximum Gasteiger partial charge on any atom is 0.238 e. The average Bonchev–Trinajstić information content (AvgIpc) is 3.06. The van der Waals surface area contributed by atoms with Crippen molar-refractivity contribution in [3.05, 3.63) is 24.0 Å². The van der Waals surface area contributed by atoms with E-state index in [1.54, 1.807) is 12.4 Å². The Labute approximate surface area is 111 Å². The molecule has 0 bridgehead atoms. The van der Waals surface area contributed by atoms with Crippen LogP contribution < -0.4 is 10.1 Å². The van der Waals surface area contributed by atoms with Gasteiger partial charge in [-0.2, -0.15) is 0 Å². The Bertz CT molecular complexity index is 437. The minimum Gasteiger partial charge on any atom is -0.490 e. The van der Waals surface area contributed by atoms with Gasteiger partial charge >= 0.3 is 0 Å². The zero-order valence-electron chi connectivity index (χ0n) is 10.7. The molecular weight excluding hydrogens is 250 g/mol. The van der Waals surface area contributed by atoms with Gasteiger partial charge < -0.3 is 10.1 Å². The first-order valence-corrected chi connectivity index (χ1v) is 6.81. The first kappa shape index (κ1) is 12.8. The molecule has 2 aliphatic rings. The van der Waals surface area contributed by atoms with Crippen molar-refractivity contribution < 1.29 is 13.5 Å². The van der Waals surface area contributed by atoms with Crippen LogP contribution in [0.15, 0.2) is 18.5 Å². The summed E-state index contributed by atoms with van der Waals surface area (Å²) >= 11 is 0. The Kier molecular flexibility index (Phi) is 3.64. The van der Waals surface area contributed by atoms with Crippen molar-refractivity contribution in [2.45, 2.75) is 37.6 Å². The van der Waals surface area contributed by atoms with Crippen molar-refractivity contribution in [1.82, 2.24) is 10.3 Å². The summed E-state index contributed by atoms with van der Waals surface area (Å²) in [7, 11) is 0. The summed E-state index contributed by atoms with van der Waals surface area (Å²) < 4.78 is 30.3. The summed E-state index contributed by atoms with van der Waals surface area (Å²) in [6.07, 6.45) is 3.25. The Balaban J connectivity index is 1.54. The van der Waals surface area contributed by atoms with E-state index in [9.17, 15) is 8.78 Å². The highest BCUT2D eigenvalue weighted by atomic mass is 19.3. The molecular formula is C14H18F2N2O. The summed E-state index contributed by atoms with van der Waals surface area (Å²) in [5.74, 6) is 1.10. The van der Waals surface area contributed by atoms with Gasteiger partial charge in [0, 0.05) is 18.7 Å². The second-order valence-electron chi connectivity index (χ2n) is 5.43. The molecule has 2 fully saturated rings. The van der Waals surface area contributed by atoms with Gasteiger partial charge in [-0.25, -0.2) is 8.78 Å². The van der Waals surface area contributed by atoms with Gasteiger partial charge in [-0.05, 0) is 42.9 Å². The van der Waals surface area contributed by atoms with Crippen LogP contribution in [-0.4, -0.2) is 30.6 Å².